The summed E-state index contributed by atoms with van der Waals surface area (Å²) in [6.07, 6.45) is 2.64. The number of carbonyl (C=O) groups is 1. The van der Waals surface area contributed by atoms with Gasteiger partial charge in [-0.2, -0.15) is 0 Å². The van der Waals surface area contributed by atoms with Crippen LogP contribution in [0.15, 0.2) is 53.7 Å². The van der Waals surface area contributed by atoms with Crippen molar-refractivity contribution in [3.63, 3.8) is 0 Å². The molecule has 0 unspecified atom stereocenters. The molecular formula is C22H29N5O3. The van der Waals surface area contributed by atoms with Crippen molar-refractivity contribution in [3.05, 3.63) is 54.2 Å². The van der Waals surface area contributed by atoms with Gasteiger partial charge in [-0.3, -0.25) is 4.99 Å². The van der Waals surface area contributed by atoms with E-state index in [-0.39, 0.29) is 5.56 Å². The second kappa shape index (κ2) is 11.2. The second-order valence-corrected chi connectivity index (χ2v) is 6.93. The maximum absolute atomic E-state index is 11.3. The first kappa shape index (κ1) is 21.6. The van der Waals surface area contributed by atoms with E-state index in [0.29, 0.717) is 25.4 Å². The molecule has 1 fully saturated rings. The van der Waals surface area contributed by atoms with E-state index >= 15 is 0 Å². The molecular weight excluding hydrogens is 382 g/mol. The smallest absolute Gasteiger partial charge is 0.335 e. The summed E-state index contributed by atoms with van der Waals surface area (Å²) in [5.41, 5.74) is 0.960. The molecule has 0 bridgehead atoms. The number of aromatic nitrogens is 1. The Morgan fingerprint density at radius 3 is 2.73 bits per heavy atom. The number of hydrogen-bond donors (Lipinski definition) is 2. The minimum absolute atomic E-state index is 0.246. The molecule has 1 saturated heterocycles. The molecule has 1 aliphatic heterocycles. The van der Waals surface area contributed by atoms with Crippen LogP contribution in [0.1, 0.15) is 23.7 Å². The summed E-state index contributed by atoms with van der Waals surface area (Å²) in [5.74, 6) is 0.794. The molecule has 1 aromatic carbocycles. The fraction of sp³-hybridized carbons (Fsp3) is 0.409. The Hall–Kier alpha value is -3.13. The lowest BCUT2D eigenvalue weighted by molar-refractivity contribution is 0.0697. The number of benzene rings is 1. The fourth-order valence-electron chi connectivity index (χ4n) is 3.26. The van der Waals surface area contributed by atoms with E-state index < -0.39 is 5.97 Å². The number of ether oxygens (including phenoxy) is 1. The van der Waals surface area contributed by atoms with Crippen LogP contribution >= 0.6 is 0 Å². The predicted octanol–water partition coefficient (Wildman–Crippen LogP) is 2.80. The third-order valence-corrected chi connectivity index (χ3v) is 4.83. The summed E-state index contributed by atoms with van der Waals surface area (Å²) in [7, 11) is 0. The second-order valence-electron chi connectivity index (χ2n) is 6.93. The summed E-state index contributed by atoms with van der Waals surface area (Å²) >= 11 is 0. The van der Waals surface area contributed by atoms with Crippen molar-refractivity contribution in [3.8, 4) is 0 Å². The Balaban J connectivity index is 1.67. The van der Waals surface area contributed by atoms with Gasteiger partial charge in [-0.1, -0.05) is 12.1 Å². The lowest BCUT2D eigenvalue weighted by Gasteiger charge is -2.37. The van der Waals surface area contributed by atoms with Gasteiger partial charge >= 0.3 is 5.97 Å². The van der Waals surface area contributed by atoms with Gasteiger partial charge in [0.25, 0.3) is 0 Å². The molecule has 0 aliphatic carbocycles. The summed E-state index contributed by atoms with van der Waals surface area (Å²) in [4.78, 5) is 24.9. The minimum atomic E-state index is -0.946. The monoisotopic (exact) mass is 411 g/mol. The first-order valence-corrected chi connectivity index (χ1v) is 10.3. The van der Waals surface area contributed by atoms with Crippen LogP contribution in [0.5, 0.6) is 0 Å². The van der Waals surface area contributed by atoms with Gasteiger partial charge in [-0.15, -0.1) is 0 Å². The van der Waals surface area contributed by atoms with Gasteiger partial charge in [-0.25, -0.2) is 9.78 Å². The Kier molecular flexibility index (Phi) is 8.02. The maximum atomic E-state index is 11.3. The van der Waals surface area contributed by atoms with E-state index in [1.165, 1.54) is 0 Å². The molecule has 2 heterocycles. The largest absolute Gasteiger partial charge is 0.478 e. The Morgan fingerprint density at radius 2 is 2.03 bits per heavy atom. The molecule has 2 aromatic rings. The van der Waals surface area contributed by atoms with Crippen LogP contribution in [0.25, 0.3) is 0 Å². The van der Waals surface area contributed by atoms with Crippen molar-refractivity contribution in [2.75, 3.05) is 56.2 Å². The van der Waals surface area contributed by atoms with Crippen LogP contribution in [0.3, 0.4) is 0 Å². The van der Waals surface area contributed by atoms with Crippen molar-refractivity contribution in [1.82, 2.24) is 9.88 Å². The molecule has 0 saturated carbocycles. The number of piperazine rings is 1. The molecule has 0 radical (unpaired) electrons. The first-order valence-electron chi connectivity index (χ1n) is 10.3. The van der Waals surface area contributed by atoms with Crippen molar-refractivity contribution in [2.45, 2.75) is 13.3 Å². The highest BCUT2D eigenvalue weighted by molar-refractivity contribution is 5.96. The first-order chi connectivity index (χ1) is 14.7. The number of aliphatic imine (C=N–C) groups is 1. The van der Waals surface area contributed by atoms with Crippen molar-refractivity contribution < 1.29 is 14.6 Å². The van der Waals surface area contributed by atoms with E-state index in [4.69, 9.17) is 9.73 Å². The van der Waals surface area contributed by atoms with Gasteiger partial charge in [0, 0.05) is 57.8 Å². The topological polar surface area (TPSA) is 90.3 Å². The van der Waals surface area contributed by atoms with Gasteiger partial charge in [-0.05, 0) is 43.7 Å². The number of nitrogens with one attached hydrogen (secondary N) is 1. The molecule has 1 aliphatic rings. The summed E-state index contributed by atoms with van der Waals surface area (Å²) in [5, 5.41) is 12.6. The molecule has 0 spiro atoms. The Morgan fingerprint density at radius 1 is 1.20 bits per heavy atom. The average molecular weight is 412 g/mol. The quantitative estimate of drug-likeness (QED) is 0.392. The Bertz CT molecular complexity index is 836. The zero-order valence-corrected chi connectivity index (χ0v) is 17.3. The van der Waals surface area contributed by atoms with E-state index in [1.807, 2.05) is 37.4 Å². The van der Waals surface area contributed by atoms with Crippen molar-refractivity contribution in [1.29, 1.82) is 0 Å². The number of pyridine rings is 1. The summed E-state index contributed by atoms with van der Waals surface area (Å²) < 4.78 is 5.40. The molecule has 1 aromatic heterocycles. The normalized spacial score (nSPS) is 14.6. The lowest BCUT2D eigenvalue weighted by Crippen LogP contribution is -2.51. The van der Waals surface area contributed by atoms with Crippen LogP contribution in [0, 0.1) is 0 Å². The molecule has 30 heavy (non-hydrogen) atoms. The zero-order chi connectivity index (χ0) is 21.2. The zero-order valence-electron chi connectivity index (χ0n) is 17.3. The number of carboxylic acids is 1. The molecule has 0 atom stereocenters. The number of hydrogen-bond acceptors (Lipinski definition) is 5. The van der Waals surface area contributed by atoms with Crippen LogP contribution in [-0.4, -0.2) is 72.9 Å². The highest BCUT2D eigenvalue weighted by atomic mass is 16.5. The SMILES string of the molecule is CCOCCCN=C(Nc1cccc(C(=O)O)c1)N1CCN(c2ccccn2)CC1. The Labute approximate surface area is 177 Å². The van der Waals surface area contributed by atoms with Gasteiger partial charge < -0.3 is 25.0 Å². The summed E-state index contributed by atoms with van der Waals surface area (Å²) in [6.45, 7) is 7.27. The van der Waals surface area contributed by atoms with Gasteiger partial charge in [0.15, 0.2) is 5.96 Å². The molecule has 3 rings (SSSR count). The summed E-state index contributed by atoms with van der Waals surface area (Å²) in [6, 6.07) is 12.7. The fourth-order valence-corrected chi connectivity index (χ4v) is 3.26. The van der Waals surface area contributed by atoms with Crippen molar-refractivity contribution >= 4 is 23.4 Å². The standard InChI is InChI=1S/C22H29N5O3/c1-2-30-16-6-11-24-22(25-19-8-5-7-18(17-19)21(28)29)27-14-12-26(13-15-27)20-9-3-4-10-23-20/h3-5,7-10,17H,2,6,11-16H2,1H3,(H,24,25)(H,28,29). The number of nitrogens with zero attached hydrogens (tertiary/aromatic N) is 4. The van der Waals surface area contributed by atoms with E-state index in [9.17, 15) is 9.90 Å². The van der Waals surface area contributed by atoms with E-state index in [1.54, 1.807) is 18.2 Å². The van der Waals surface area contributed by atoms with Gasteiger partial charge in [0.1, 0.15) is 5.82 Å². The van der Waals surface area contributed by atoms with E-state index in [0.717, 1.165) is 44.4 Å². The molecule has 2 N–H and O–H groups in total. The third kappa shape index (κ3) is 6.18. The minimum Gasteiger partial charge on any atom is -0.478 e. The number of guanidine groups is 1. The number of rotatable bonds is 8. The van der Waals surface area contributed by atoms with Crippen LogP contribution in [-0.2, 0) is 4.74 Å². The molecule has 0 amide bonds. The highest BCUT2D eigenvalue weighted by Gasteiger charge is 2.21. The van der Waals surface area contributed by atoms with Crippen LogP contribution < -0.4 is 10.2 Å². The number of aromatic carboxylic acids is 1. The lowest BCUT2D eigenvalue weighted by atomic mass is 10.2. The predicted molar refractivity (Wildman–Crippen MR) is 118 cm³/mol. The van der Waals surface area contributed by atoms with E-state index in [2.05, 4.69) is 20.1 Å². The van der Waals surface area contributed by atoms with Gasteiger partial charge in [0.2, 0.25) is 0 Å². The maximum Gasteiger partial charge on any atom is 0.335 e. The number of carboxylic acid groups (broad SMARTS) is 1. The van der Waals surface area contributed by atoms with Gasteiger partial charge in [0.05, 0.1) is 5.56 Å². The number of anilines is 2. The van der Waals surface area contributed by atoms with Crippen molar-refractivity contribution in [2.24, 2.45) is 4.99 Å². The van der Waals surface area contributed by atoms with Crippen LogP contribution in [0.2, 0.25) is 0 Å². The average Bonchev–Trinajstić information content (AvgIpc) is 2.79. The third-order valence-electron chi connectivity index (χ3n) is 4.83. The molecule has 8 nitrogen and oxygen atoms in total. The van der Waals surface area contributed by atoms with Crippen LogP contribution in [0.4, 0.5) is 11.5 Å². The molecule has 8 heteroatoms. The molecule has 160 valence electrons. The highest BCUT2D eigenvalue weighted by Crippen LogP contribution is 2.15.